The second-order valence-corrected chi connectivity index (χ2v) is 4.56. The van der Waals surface area contributed by atoms with Crippen molar-refractivity contribution in [2.75, 3.05) is 0 Å². The molecule has 18 heavy (non-hydrogen) atoms. The van der Waals surface area contributed by atoms with Gasteiger partial charge in [0.25, 0.3) is 0 Å². The molecule has 1 N–H and O–H groups in total. The molecule has 1 fully saturated rings. The van der Waals surface area contributed by atoms with Crippen molar-refractivity contribution in [2.24, 2.45) is 0 Å². The van der Waals surface area contributed by atoms with Crippen molar-refractivity contribution in [2.45, 2.75) is 18.3 Å². The van der Waals surface area contributed by atoms with Crippen LogP contribution in [0.15, 0.2) is 42.5 Å². The molecule has 1 heterocycles. The van der Waals surface area contributed by atoms with E-state index in [1.165, 1.54) is 0 Å². The van der Waals surface area contributed by atoms with Gasteiger partial charge in [-0.15, -0.1) is 0 Å². The van der Waals surface area contributed by atoms with Crippen molar-refractivity contribution in [3.05, 3.63) is 48.2 Å². The van der Waals surface area contributed by atoms with E-state index < -0.39 is 11.4 Å². The van der Waals surface area contributed by atoms with Crippen molar-refractivity contribution >= 4 is 5.97 Å². The maximum Gasteiger partial charge on any atom is 0.315 e. The fraction of sp³-hybridized carbons (Fsp3) is 0.214. The molecule has 90 valence electrons. The lowest BCUT2D eigenvalue weighted by Crippen LogP contribution is -2.21. The monoisotopic (exact) mass is 240 g/mol. The molecule has 0 amide bonds. The molecule has 0 atom stereocenters. The Hall–Kier alpha value is -2.23. The molecule has 1 aliphatic rings. The van der Waals surface area contributed by atoms with Gasteiger partial charge in [0, 0.05) is 5.56 Å². The van der Waals surface area contributed by atoms with Gasteiger partial charge < -0.3 is 5.11 Å². The van der Waals surface area contributed by atoms with Gasteiger partial charge >= 0.3 is 5.97 Å². The van der Waals surface area contributed by atoms with Crippen LogP contribution in [0.1, 0.15) is 18.5 Å². The molecular weight excluding hydrogens is 228 g/mol. The molecule has 1 aromatic carbocycles. The smallest absolute Gasteiger partial charge is 0.315 e. The quantitative estimate of drug-likeness (QED) is 0.893. The highest BCUT2D eigenvalue weighted by molar-refractivity contribution is 5.84. The van der Waals surface area contributed by atoms with E-state index in [0.29, 0.717) is 18.5 Å². The van der Waals surface area contributed by atoms with Crippen LogP contribution < -0.4 is 0 Å². The zero-order valence-corrected chi connectivity index (χ0v) is 9.71. The van der Waals surface area contributed by atoms with Crippen LogP contribution in [-0.4, -0.2) is 21.3 Å². The molecule has 4 nitrogen and oxygen atoms in total. The molecule has 0 aliphatic heterocycles. The van der Waals surface area contributed by atoms with Gasteiger partial charge in [-0.05, 0) is 25.0 Å². The third-order valence-corrected chi connectivity index (χ3v) is 3.38. The van der Waals surface area contributed by atoms with Crippen LogP contribution in [0.2, 0.25) is 0 Å². The van der Waals surface area contributed by atoms with Crippen molar-refractivity contribution < 1.29 is 9.90 Å². The zero-order valence-electron chi connectivity index (χ0n) is 9.71. The van der Waals surface area contributed by atoms with Crippen LogP contribution in [0.4, 0.5) is 0 Å². The molecule has 1 saturated carbocycles. The van der Waals surface area contributed by atoms with E-state index in [0.717, 1.165) is 11.3 Å². The van der Waals surface area contributed by atoms with Gasteiger partial charge in [-0.25, -0.2) is 0 Å². The van der Waals surface area contributed by atoms with E-state index in [4.69, 9.17) is 0 Å². The minimum atomic E-state index is -0.802. The molecule has 0 saturated heterocycles. The topological polar surface area (TPSA) is 63.1 Å². The van der Waals surface area contributed by atoms with Crippen molar-refractivity contribution in [3.63, 3.8) is 0 Å². The van der Waals surface area contributed by atoms with Gasteiger partial charge in [-0.3, -0.25) is 4.79 Å². The fourth-order valence-electron chi connectivity index (χ4n) is 2.05. The maximum atomic E-state index is 11.2. The second kappa shape index (κ2) is 3.91. The molecule has 0 bridgehead atoms. The Morgan fingerprint density at radius 3 is 2.28 bits per heavy atom. The minimum absolute atomic E-state index is 0.565. The first-order valence-electron chi connectivity index (χ1n) is 5.85. The van der Waals surface area contributed by atoms with E-state index in [1.807, 2.05) is 36.4 Å². The standard InChI is InChI=1S/C14H12N2O2/c17-13(18)14(8-9-14)12-7-6-11(15-16-12)10-4-2-1-3-5-10/h1-7H,8-9H2,(H,17,18). The van der Waals surface area contributed by atoms with Gasteiger partial charge in [-0.1, -0.05) is 30.3 Å². The van der Waals surface area contributed by atoms with E-state index >= 15 is 0 Å². The number of carboxylic acid groups (broad SMARTS) is 1. The summed E-state index contributed by atoms with van der Waals surface area (Å²) in [6.07, 6.45) is 1.31. The Balaban J connectivity index is 1.93. The van der Waals surface area contributed by atoms with Crippen molar-refractivity contribution in [1.29, 1.82) is 0 Å². The third kappa shape index (κ3) is 1.66. The first-order valence-corrected chi connectivity index (χ1v) is 5.85. The summed E-state index contributed by atoms with van der Waals surface area (Å²) in [5.41, 5.74) is 1.54. The number of benzene rings is 1. The summed E-state index contributed by atoms with van der Waals surface area (Å²) in [7, 11) is 0. The number of hydrogen-bond donors (Lipinski definition) is 1. The molecule has 1 aromatic heterocycles. The largest absolute Gasteiger partial charge is 0.481 e. The van der Waals surface area contributed by atoms with Crippen LogP contribution in [-0.2, 0) is 10.2 Å². The number of carboxylic acids is 1. The Morgan fingerprint density at radius 2 is 1.78 bits per heavy atom. The lowest BCUT2D eigenvalue weighted by molar-refractivity contribution is -0.140. The predicted octanol–water partition coefficient (Wildman–Crippen LogP) is 2.26. The highest BCUT2D eigenvalue weighted by atomic mass is 16.4. The summed E-state index contributed by atoms with van der Waals surface area (Å²) in [6.45, 7) is 0. The van der Waals surface area contributed by atoms with Crippen LogP contribution in [0.25, 0.3) is 11.3 Å². The normalized spacial score (nSPS) is 16.2. The number of rotatable bonds is 3. The predicted molar refractivity (Wildman–Crippen MR) is 66.0 cm³/mol. The number of carbonyl (C=O) groups is 1. The Morgan fingerprint density at radius 1 is 1.06 bits per heavy atom. The van der Waals surface area contributed by atoms with Gasteiger partial charge in [0.1, 0.15) is 5.41 Å². The summed E-state index contributed by atoms with van der Waals surface area (Å²) >= 11 is 0. The molecule has 1 aliphatic carbocycles. The number of aliphatic carboxylic acids is 1. The lowest BCUT2D eigenvalue weighted by Gasteiger charge is -2.08. The summed E-state index contributed by atoms with van der Waals surface area (Å²) in [6, 6.07) is 13.3. The van der Waals surface area contributed by atoms with Gasteiger partial charge in [0.2, 0.25) is 0 Å². The molecule has 4 heteroatoms. The van der Waals surface area contributed by atoms with Gasteiger partial charge in [0.15, 0.2) is 0 Å². The van der Waals surface area contributed by atoms with Crippen molar-refractivity contribution in [3.8, 4) is 11.3 Å². The number of aromatic nitrogens is 2. The van der Waals surface area contributed by atoms with Gasteiger partial charge in [-0.2, -0.15) is 10.2 Å². The Bertz CT molecular complexity index is 575. The third-order valence-electron chi connectivity index (χ3n) is 3.38. The maximum absolute atomic E-state index is 11.2. The summed E-state index contributed by atoms with van der Waals surface area (Å²) in [4.78, 5) is 11.2. The van der Waals surface area contributed by atoms with E-state index in [1.54, 1.807) is 6.07 Å². The molecule has 2 aromatic rings. The summed E-state index contributed by atoms with van der Waals surface area (Å²) < 4.78 is 0. The first-order chi connectivity index (χ1) is 8.72. The highest BCUT2D eigenvalue weighted by Gasteiger charge is 2.53. The first kappa shape index (κ1) is 10.9. The van der Waals surface area contributed by atoms with Crippen LogP contribution in [0.5, 0.6) is 0 Å². The minimum Gasteiger partial charge on any atom is -0.481 e. The molecule has 0 radical (unpaired) electrons. The molecule has 0 unspecified atom stereocenters. The summed E-state index contributed by atoms with van der Waals surface area (Å²) in [5.74, 6) is -0.802. The van der Waals surface area contributed by atoms with Crippen molar-refractivity contribution in [1.82, 2.24) is 10.2 Å². The zero-order chi connectivity index (χ0) is 12.6. The highest BCUT2D eigenvalue weighted by Crippen LogP contribution is 2.47. The second-order valence-electron chi connectivity index (χ2n) is 4.56. The lowest BCUT2D eigenvalue weighted by atomic mass is 10.0. The SMILES string of the molecule is O=C(O)C1(c2ccc(-c3ccccc3)nn2)CC1. The average Bonchev–Trinajstić information content (AvgIpc) is 3.22. The van der Waals surface area contributed by atoms with E-state index in [2.05, 4.69) is 10.2 Å². The van der Waals surface area contributed by atoms with Crippen LogP contribution in [0.3, 0.4) is 0 Å². The number of hydrogen-bond acceptors (Lipinski definition) is 3. The van der Waals surface area contributed by atoms with E-state index in [9.17, 15) is 9.90 Å². The van der Waals surface area contributed by atoms with E-state index in [-0.39, 0.29) is 0 Å². The van der Waals surface area contributed by atoms with Crippen LogP contribution >= 0.6 is 0 Å². The molecule has 0 spiro atoms. The molecule has 3 rings (SSSR count). The molecular formula is C14H12N2O2. The Kier molecular flexibility index (Phi) is 2.37. The number of nitrogens with zero attached hydrogens (tertiary/aromatic N) is 2. The Labute approximate surface area is 104 Å². The summed E-state index contributed by atoms with van der Waals surface area (Å²) in [5, 5.41) is 17.4. The average molecular weight is 240 g/mol. The van der Waals surface area contributed by atoms with Gasteiger partial charge in [0.05, 0.1) is 11.4 Å². The van der Waals surface area contributed by atoms with Crippen LogP contribution in [0, 0.1) is 0 Å². The fourth-order valence-corrected chi connectivity index (χ4v) is 2.05.